The lowest BCUT2D eigenvalue weighted by Gasteiger charge is -2.10. The van der Waals surface area contributed by atoms with Crippen LogP contribution in [0.4, 0.5) is 0 Å². The highest BCUT2D eigenvalue weighted by Gasteiger charge is 2.04. The number of ether oxygens (including phenoxy) is 1. The largest absolute Gasteiger partial charge is 0.465 e. The molecule has 13 heavy (non-hydrogen) atoms. The van der Waals surface area contributed by atoms with Crippen molar-refractivity contribution in [1.29, 1.82) is 0 Å². The van der Waals surface area contributed by atoms with Gasteiger partial charge in [-0.1, -0.05) is 38.1 Å². The molecule has 0 fully saturated rings. The molecule has 1 nitrogen and oxygen atoms in total. The van der Waals surface area contributed by atoms with E-state index in [1.807, 2.05) is 31.2 Å². The van der Waals surface area contributed by atoms with Gasteiger partial charge in [0.1, 0.15) is 5.75 Å². The van der Waals surface area contributed by atoms with E-state index < -0.39 is 0 Å². The van der Waals surface area contributed by atoms with Gasteiger partial charge in [0.05, 0.1) is 6.26 Å². The molecule has 0 saturated heterocycles. The van der Waals surface area contributed by atoms with Crippen LogP contribution in [0.3, 0.4) is 0 Å². The van der Waals surface area contributed by atoms with Crippen molar-refractivity contribution in [2.45, 2.75) is 26.7 Å². The van der Waals surface area contributed by atoms with Crippen molar-refractivity contribution >= 4 is 0 Å². The summed E-state index contributed by atoms with van der Waals surface area (Å²) in [6, 6.07) is 8.13. The molecule has 0 aliphatic heterocycles. The molecule has 1 aromatic carbocycles. The van der Waals surface area contributed by atoms with Crippen molar-refractivity contribution in [1.82, 2.24) is 0 Å². The van der Waals surface area contributed by atoms with Crippen molar-refractivity contribution in [3.05, 3.63) is 42.2 Å². The lowest BCUT2D eigenvalue weighted by atomic mass is 10.0. The van der Waals surface area contributed by atoms with Crippen LogP contribution in [-0.4, -0.2) is 0 Å². The van der Waals surface area contributed by atoms with Crippen LogP contribution in [-0.2, 0) is 0 Å². The molecule has 0 N–H and O–H groups in total. The highest BCUT2D eigenvalue weighted by molar-refractivity contribution is 5.35. The summed E-state index contributed by atoms with van der Waals surface area (Å²) in [7, 11) is 0. The van der Waals surface area contributed by atoms with Gasteiger partial charge in [-0.2, -0.15) is 0 Å². The Morgan fingerprint density at radius 3 is 2.54 bits per heavy atom. The van der Waals surface area contributed by atoms with E-state index in [4.69, 9.17) is 4.74 Å². The smallest absolute Gasteiger partial charge is 0.129 e. The van der Waals surface area contributed by atoms with E-state index >= 15 is 0 Å². The van der Waals surface area contributed by atoms with Crippen molar-refractivity contribution in [3.8, 4) is 5.75 Å². The molecule has 0 aliphatic rings. The summed E-state index contributed by atoms with van der Waals surface area (Å²) in [5.41, 5.74) is 1.25. The molecule has 0 radical (unpaired) electrons. The van der Waals surface area contributed by atoms with Crippen LogP contribution in [0.5, 0.6) is 5.75 Å². The van der Waals surface area contributed by atoms with Crippen LogP contribution in [0.1, 0.15) is 32.3 Å². The third kappa shape index (κ3) is 2.62. The molecular formula is C12H16O. The maximum absolute atomic E-state index is 5.47. The zero-order chi connectivity index (χ0) is 9.68. The number of hydrogen-bond acceptors (Lipinski definition) is 1. The molecule has 0 bridgehead atoms. The average Bonchev–Trinajstić information content (AvgIpc) is 2.15. The van der Waals surface area contributed by atoms with Gasteiger partial charge < -0.3 is 4.74 Å². The molecule has 0 saturated carbocycles. The van der Waals surface area contributed by atoms with Crippen molar-refractivity contribution in [2.75, 3.05) is 0 Å². The first-order valence-corrected chi connectivity index (χ1v) is 4.62. The van der Waals surface area contributed by atoms with Gasteiger partial charge in [-0.25, -0.2) is 0 Å². The fourth-order valence-corrected chi connectivity index (χ4v) is 1.21. The lowest BCUT2D eigenvalue weighted by molar-refractivity contribution is 0.471. The van der Waals surface area contributed by atoms with E-state index in [0.717, 1.165) is 5.75 Å². The number of benzene rings is 1. The monoisotopic (exact) mass is 176 g/mol. The van der Waals surface area contributed by atoms with Crippen LogP contribution >= 0.6 is 0 Å². The molecule has 1 heteroatoms. The van der Waals surface area contributed by atoms with Gasteiger partial charge in [0, 0.05) is 0 Å². The first-order chi connectivity index (χ1) is 6.25. The summed E-state index contributed by atoms with van der Waals surface area (Å²) >= 11 is 0. The highest BCUT2D eigenvalue weighted by atomic mass is 16.5. The van der Waals surface area contributed by atoms with Crippen molar-refractivity contribution < 1.29 is 4.74 Å². The predicted molar refractivity (Wildman–Crippen MR) is 56.0 cm³/mol. The Kier molecular flexibility index (Phi) is 3.56. The summed E-state index contributed by atoms with van der Waals surface area (Å²) in [5.74, 6) is 1.46. The Bertz CT molecular complexity index is 287. The first-order valence-electron chi connectivity index (χ1n) is 4.62. The summed E-state index contributed by atoms with van der Waals surface area (Å²) in [6.07, 6.45) is 3.60. The minimum Gasteiger partial charge on any atom is -0.465 e. The first kappa shape index (κ1) is 9.85. The van der Waals surface area contributed by atoms with E-state index in [9.17, 15) is 0 Å². The maximum atomic E-state index is 5.47. The number of allylic oxidation sites excluding steroid dienone is 1. The average molecular weight is 176 g/mol. The Hall–Kier alpha value is -1.24. The van der Waals surface area contributed by atoms with Gasteiger partial charge in [0.15, 0.2) is 0 Å². The zero-order valence-corrected chi connectivity index (χ0v) is 8.45. The molecule has 70 valence electrons. The number of hydrogen-bond donors (Lipinski definition) is 0. The minimum absolute atomic E-state index is 0.501. The second-order valence-electron chi connectivity index (χ2n) is 3.28. The van der Waals surface area contributed by atoms with Crippen LogP contribution in [0.25, 0.3) is 0 Å². The second kappa shape index (κ2) is 4.70. The Labute approximate surface area is 80.0 Å². The SMILES string of the molecule is CC=COc1ccccc1C(C)C. The second-order valence-corrected chi connectivity index (χ2v) is 3.28. The predicted octanol–water partition coefficient (Wildman–Crippen LogP) is 3.72. The molecule has 1 rings (SSSR count). The molecule has 0 atom stereocenters. The van der Waals surface area contributed by atoms with Gasteiger partial charge in [0.25, 0.3) is 0 Å². The summed E-state index contributed by atoms with van der Waals surface area (Å²) in [6.45, 7) is 6.27. The molecule has 0 aliphatic carbocycles. The summed E-state index contributed by atoms with van der Waals surface area (Å²) in [4.78, 5) is 0. The van der Waals surface area contributed by atoms with E-state index in [1.165, 1.54) is 5.56 Å². The molecule has 0 unspecified atom stereocenters. The standard InChI is InChI=1S/C12H16O/c1-4-9-13-12-8-6-5-7-11(12)10(2)3/h4-10H,1-3H3. The molecule has 0 amide bonds. The van der Waals surface area contributed by atoms with E-state index in [0.29, 0.717) is 5.92 Å². The summed E-state index contributed by atoms with van der Waals surface area (Å²) in [5, 5.41) is 0. The molecular weight excluding hydrogens is 160 g/mol. The Morgan fingerprint density at radius 2 is 1.92 bits per heavy atom. The van der Waals surface area contributed by atoms with Crippen LogP contribution in [0.2, 0.25) is 0 Å². The molecule has 0 heterocycles. The fraction of sp³-hybridized carbons (Fsp3) is 0.333. The van der Waals surface area contributed by atoms with Crippen molar-refractivity contribution in [2.24, 2.45) is 0 Å². The lowest BCUT2D eigenvalue weighted by Crippen LogP contribution is -1.92. The van der Waals surface area contributed by atoms with Crippen molar-refractivity contribution in [3.63, 3.8) is 0 Å². The van der Waals surface area contributed by atoms with Gasteiger partial charge in [-0.3, -0.25) is 0 Å². The van der Waals surface area contributed by atoms with Gasteiger partial charge >= 0.3 is 0 Å². The highest BCUT2D eigenvalue weighted by Crippen LogP contribution is 2.25. The third-order valence-electron chi connectivity index (χ3n) is 1.87. The fourth-order valence-electron chi connectivity index (χ4n) is 1.21. The van der Waals surface area contributed by atoms with Crippen LogP contribution in [0, 0.1) is 0 Å². The van der Waals surface area contributed by atoms with Gasteiger partial charge in [0.2, 0.25) is 0 Å². The topological polar surface area (TPSA) is 9.23 Å². The third-order valence-corrected chi connectivity index (χ3v) is 1.87. The maximum Gasteiger partial charge on any atom is 0.129 e. The zero-order valence-electron chi connectivity index (χ0n) is 8.45. The van der Waals surface area contributed by atoms with E-state index in [1.54, 1.807) is 6.26 Å². The minimum atomic E-state index is 0.501. The normalized spacial score (nSPS) is 11.1. The summed E-state index contributed by atoms with van der Waals surface area (Å²) < 4.78 is 5.47. The Balaban J connectivity index is 2.91. The molecule has 1 aromatic rings. The molecule has 0 spiro atoms. The van der Waals surface area contributed by atoms with Crippen LogP contribution in [0.15, 0.2) is 36.6 Å². The molecule has 0 aromatic heterocycles. The van der Waals surface area contributed by atoms with Crippen LogP contribution < -0.4 is 4.74 Å². The Morgan fingerprint density at radius 1 is 1.23 bits per heavy atom. The number of para-hydroxylation sites is 1. The van der Waals surface area contributed by atoms with E-state index in [-0.39, 0.29) is 0 Å². The quantitative estimate of drug-likeness (QED) is 0.638. The van der Waals surface area contributed by atoms with Gasteiger partial charge in [-0.05, 0) is 24.5 Å². The number of rotatable bonds is 3. The van der Waals surface area contributed by atoms with E-state index in [2.05, 4.69) is 19.9 Å². The van der Waals surface area contributed by atoms with Gasteiger partial charge in [-0.15, -0.1) is 0 Å².